The number of halogens is 2. The number of amides is 1. The van der Waals surface area contributed by atoms with Crippen LogP contribution in [0.25, 0.3) is 0 Å². The van der Waals surface area contributed by atoms with E-state index in [0.29, 0.717) is 30.6 Å². The van der Waals surface area contributed by atoms with Crippen LogP contribution in [0.5, 0.6) is 5.88 Å². The minimum absolute atomic E-state index is 0.313. The maximum Gasteiger partial charge on any atom is 0.410 e. The van der Waals surface area contributed by atoms with E-state index in [4.69, 9.17) is 21.1 Å². The molecule has 0 atom stereocenters. The standard InChI is InChI=1S/C21H24ClIN2O3/c1-13-5-6-15(16(22)9-13)12-27-19-17(23)10-14-7-8-25(11-18(14)24-19)20(26)28-21(2,3)4/h5-6,9-10H,7-8,11-12H2,1-4H3. The second-order valence-electron chi connectivity index (χ2n) is 7.92. The van der Waals surface area contributed by atoms with Crippen molar-refractivity contribution in [3.8, 4) is 5.88 Å². The molecule has 150 valence electrons. The lowest BCUT2D eigenvalue weighted by Crippen LogP contribution is -2.40. The number of carbonyl (C=O) groups is 1. The van der Waals surface area contributed by atoms with Crippen LogP contribution < -0.4 is 4.74 Å². The first-order chi connectivity index (χ1) is 13.1. The molecule has 5 nitrogen and oxygen atoms in total. The zero-order valence-corrected chi connectivity index (χ0v) is 19.4. The van der Waals surface area contributed by atoms with Crippen molar-refractivity contribution in [3.63, 3.8) is 0 Å². The van der Waals surface area contributed by atoms with E-state index in [1.807, 2.05) is 45.9 Å². The van der Waals surface area contributed by atoms with Gasteiger partial charge in [-0.1, -0.05) is 23.7 Å². The van der Waals surface area contributed by atoms with Crippen molar-refractivity contribution in [1.82, 2.24) is 9.88 Å². The number of nitrogens with zero attached hydrogens (tertiary/aromatic N) is 2. The largest absolute Gasteiger partial charge is 0.472 e. The highest BCUT2D eigenvalue weighted by atomic mass is 127. The Balaban J connectivity index is 1.73. The average molecular weight is 515 g/mol. The summed E-state index contributed by atoms with van der Waals surface area (Å²) in [6, 6.07) is 7.98. The second-order valence-corrected chi connectivity index (χ2v) is 9.49. The SMILES string of the molecule is Cc1ccc(COc2nc3c(cc2I)CCN(C(=O)OC(C)(C)C)C3)c(Cl)c1. The molecule has 0 radical (unpaired) electrons. The van der Waals surface area contributed by atoms with Crippen LogP contribution in [0.15, 0.2) is 24.3 Å². The van der Waals surface area contributed by atoms with Crippen LogP contribution in [0, 0.1) is 10.5 Å². The molecule has 0 bridgehead atoms. The summed E-state index contributed by atoms with van der Waals surface area (Å²) < 4.78 is 12.4. The number of carbonyl (C=O) groups excluding carboxylic acids is 1. The Bertz CT molecular complexity index is 896. The van der Waals surface area contributed by atoms with Crippen LogP contribution in [0.3, 0.4) is 0 Å². The first-order valence-electron chi connectivity index (χ1n) is 9.16. The normalized spacial score (nSPS) is 13.9. The number of pyridine rings is 1. The van der Waals surface area contributed by atoms with Gasteiger partial charge in [-0.3, -0.25) is 0 Å². The fraction of sp³-hybridized carbons (Fsp3) is 0.429. The fourth-order valence-electron chi connectivity index (χ4n) is 2.91. The van der Waals surface area contributed by atoms with Crippen LogP contribution in [-0.2, 0) is 24.3 Å². The van der Waals surface area contributed by atoms with Gasteiger partial charge in [0, 0.05) is 17.1 Å². The minimum atomic E-state index is -0.515. The molecule has 0 unspecified atom stereocenters. The summed E-state index contributed by atoms with van der Waals surface area (Å²) in [4.78, 5) is 18.8. The molecule has 1 amide bonds. The van der Waals surface area contributed by atoms with Crippen molar-refractivity contribution >= 4 is 40.3 Å². The fourth-order valence-corrected chi connectivity index (χ4v) is 3.86. The Hall–Kier alpha value is -1.54. The molecule has 0 saturated heterocycles. The zero-order chi connectivity index (χ0) is 20.5. The van der Waals surface area contributed by atoms with Gasteiger partial charge in [0.2, 0.25) is 5.88 Å². The van der Waals surface area contributed by atoms with Crippen LogP contribution in [0.1, 0.15) is 43.2 Å². The number of aromatic nitrogens is 1. The molecule has 1 aliphatic rings. The molecule has 0 spiro atoms. The van der Waals surface area contributed by atoms with Crippen molar-refractivity contribution in [2.75, 3.05) is 6.54 Å². The van der Waals surface area contributed by atoms with Gasteiger partial charge < -0.3 is 14.4 Å². The van der Waals surface area contributed by atoms with Crippen LogP contribution >= 0.6 is 34.2 Å². The van der Waals surface area contributed by atoms with Gasteiger partial charge in [-0.15, -0.1) is 0 Å². The van der Waals surface area contributed by atoms with Gasteiger partial charge >= 0.3 is 6.09 Å². The Morgan fingerprint density at radius 2 is 2.07 bits per heavy atom. The monoisotopic (exact) mass is 514 g/mol. The smallest absolute Gasteiger partial charge is 0.410 e. The van der Waals surface area contributed by atoms with E-state index in [-0.39, 0.29) is 6.09 Å². The predicted molar refractivity (Wildman–Crippen MR) is 118 cm³/mol. The van der Waals surface area contributed by atoms with E-state index >= 15 is 0 Å². The maximum atomic E-state index is 12.4. The predicted octanol–water partition coefficient (Wildman–Crippen LogP) is 5.52. The summed E-state index contributed by atoms with van der Waals surface area (Å²) in [6.45, 7) is 8.99. The van der Waals surface area contributed by atoms with Crippen LogP contribution in [-0.4, -0.2) is 28.1 Å². The lowest BCUT2D eigenvalue weighted by molar-refractivity contribution is 0.0220. The van der Waals surface area contributed by atoms with Crippen molar-refractivity contribution in [2.45, 2.75) is 52.9 Å². The molecule has 1 aromatic heterocycles. The lowest BCUT2D eigenvalue weighted by atomic mass is 10.1. The van der Waals surface area contributed by atoms with E-state index in [1.54, 1.807) is 4.90 Å². The van der Waals surface area contributed by atoms with E-state index in [1.165, 1.54) is 0 Å². The number of fused-ring (bicyclic) bond motifs is 1. The quantitative estimate of drug-likeness (QED) is 0.506. The third kappa shape index (κ3) is 5.29. The van der Waals surface area contributed by atoms with Crippen molar-refractivity contribution in [2.24, 2.45) is 0 Å². The van der Waals surface area contributed by atoms with Gasteiger partial charge in [0.25, 0.3) is 0 Å². The van der Waals surface area contributed by atoms with Gasteiger partial charge in [0.15, 0.2) is 0 Å². The zero-order valence-electron chi connectivity index (χ0n) is 16.5. The molecule has 0 saturated carbocycles. The Labute approximate surface area is 184 Å². The summed E-state index contributed by atoms with van der Waals surface area (Å²) in [7, 11) is 0. The highest BCUT2D eigenvalue weighted by Gasteiger charge is 2.27. The van der Waals surface area contributed by atoms with Gasteiger partial charge in [-0.25, -0.2) is 9.78 Å². The number of hydrogen-bond acceptors (Lipinski definition) is 4. The number of hydrogen-bond donors (Lipinski definition) is 0. The first-order valence-corrected chi connectivity index (χ1v) is 10.6. The minimum Gasteiger partial charge on any atom is -0.472 e. The van der Waals surface area contributed by atoms with Crippen molar-refractivity contribution < 1.29 is 14.3 Å². The molecular formula is C21H24ClIN2O3. The summed E-state index contributed by atoms with van der Waals surface area (Å²) >= 11 is 8.53. The average Bonchev–Trinajstić information content (AvgIpc) is 2.59. The van der Waals surface area contributed by atoms with Gasteiger partial charge in [0.1, 0.15) is 12.2 Å². The number of aryl methyl sites for hydroxylation is 1. The van der Waals surface area contributed by atoms with E-state index in [0.717, 1.165) is 32.4 Å². The van der Waals surface area contributed by atoms with Gasteiger partial charge in [-0.05, 0) is 80.0 Å². The van der Waals surface area contributed by atoms with Gasteiger partial charge in [-0.2, -0.15) is 0 Å². The highest BCUT2D eigenvalue weighted by molar-refractivity contribution is 14.1. The Morgan fingerprint density at radius 1 is 1.32 bits per heavy atom. The Morgan fingerprint density at radius 3 is 2.75 bits per heavy atom. The number of ether oxygens (including phenoxy) is 2. The summed E-state index contributed by atoms with van der Waals surface area (Å²) in [6.07, 6.45) is 0.439. The molecule has 1 aliphatic heterocycles. The summed E-state index contributed by atoms with van der Waals surface area (Å²) in [5.74, 6) is 0.557. The van der Waals surface area contributed by atoms with Crippen molar-refractivity contribution in [1.29, 1.82) is 0 Å². The summed E-state index contributed by atoms with van der Waals surface area (Å²) in [5.41, 5.74) is 3.50. The number of rotatable bonds is 3. The maximum absolute atomic E-state index is 12.4. The molecular weight excluding hydrogens is 491 g/mol. The third-order valence-corrected chi connectivity index (χ3v) is 5.45. The molecule has 28 heavy (non-hydrogen) atoms. The Kier molecular flexibility index (Phi) is 6.39. The van der Waals surface area contributed by atoms with Gasteiger partial charge in [0.05, 0.1) is 15.8 Å². The third-order valence-electron chi connectivity index (χ3n) is 4.33. The number of benzene rings is 1. The van der Waals surface area contributed by atoms with E-state index < -0.39 is 5.60 Å². The molecule has 2 heterocycles. The molecule has 7 heteroatoms. The topological polar surface area (TPSA) is 51.7 Å². The summed E-state index contributed by atoms with van der Waals surface area (Å²) in [5, 5.41) is 0.684. The molecule has 1 aromatic carbocycles. The van der Waals surface area contributed by atoms with Crippen molar-refractivity contribution in [3.05, 3.63) is 55.2 Å². The molecule has 2 aromatic rings. The second kappa shape index (κ2) is 8.45. The molecule has 3 rings (SSSR count). The molecule has 0 N–H and O–H groups in total. The van der Waals surface area contributed by atoms with Crippen LogP contribution in [0.4, 0.5) is 4.79 Å². The molecule has 0 fully saturated rings. The highest BCUT2D eigenvalue weighted by Crippen LogP contribution is 2.28. The van der Waals surface area contributed by atoms with Crippen LogP contribution in [0.2, 0.25) is 5.02 Å². The van der Waals surface area contributed by atoms with E-state index in [2.05, 4.69) is 33.6 Å². The lowest BCUT2D eigenvalue weighted by Gasteiger charge is -2.31. The first kappa shape index (κ1) is 21.2. The van der Waals surface area contributed by atoms with E-state index in [9.17, 15) is 4.79 Å². The molecule has 0 aliphatic carbocycles.